The van der Waals surface area contributed by atoms with Gasteiger partial charge >= 0.3 is 0 Å². The summed E-state index contributed by atoms with van der Waals surface area (Å²) >= 11 is 1.74. The van der Waals surface area contributed by atoms with Gasteiger partial charge in [-0.2, -0.15) is 0 Å². The maximum absolute atomic E-state index is 11.6. The number of amides is 1. The van der Waals surface area contributed by atoms with E-state index in [4.69, 9.17) is 0 Å². The van der Waals surface area contributed by atoms with E-state index in [0.717, 1.165) is 31.6 Å². The summed E-state index contributed by atoms with van der Waals surface area (Å²) in [7, 11) is 0. The van der Waals surface area contributed by atoms with Gasteiger partial charge in [0.1, 0.15) is 0 Å². The zero-order chi connectivity index (χ0) is 13.2. The highest BCUT2D eigenvalue weighted by atomic mass is 32.2. The number of aryl methyl sites for hydroxylation is 1. The third kappa shape index (κ3) is 6.10. The molecule has 1 atom stereocenters. The van der Waals surface area contributed by atoms with Crippen molar-refractivity contribution in [1.29, 1.82) is 0 Å². The van der Waals surface area contributed by atoms with Gasteiger partial charge in [-0.15, -0.1) is 11.8 Å². The molecule has 3 heteroatoms. The number of carbonyl (C=O) groups is 1. The first-order valence-corrected chi connectivity index (χ1v) is 7.72. The van der Waals surface area contributed by atoms with Crippen molar-refractivity contribution < 1.29 is 4.79 Å². The van der Waals surface area contributed by atoms with Crippen LogP contribution in [-0.2, 0) is 11.2 Å². The molecule has 0 spiro atoms. The van der Waals surface area contributed by atoms with Crippen LogP contribution < -0.4 is 5.32 Å². The Kier molecular flexibility index (Phi) is 7.58. The second-order valence-corrected chi connectivity index (χ2v) is 5.84. The molecular weight excluding hydrogens is 242 g/mol. The van der Waals surface area contributed by atoms with Crippen LogP contribution in [0.1, 0.15) is 32.3 Å². The van der Waals surface area contributed by atoms with E-state index >= 15 is 0 Å². The van der Waals surface area contributed by atoms with E-state index in [2.05, 4.69) is 36.5 Å². The molecule has 0 aromatic heterocycles. The van der Waals surface area contributed by atoms with Crippen LogP contribution in [0.2, 0.25) is 0 Å². The van der Waals surface area contributed by atoms with E-state index in [0.29, 0.717) is 0 Å². The number of rotatable bonds is 8. The minimum Gasteiger partial charge on any atom is -0.355 e. The molecule has 2 nitrogen and oxygen atoms in total. The molecule has 0 fully saturated rings. The molecule has 100 valence electrons. The van der Waals surface area contributed by atoms with E-state index in [1.165, 1.54) is 5.56 Å². The summed E-state index contributed by atoms with van der Waals surface area (Å²) in [5, 5.41) is 2.99. The minimum atomic E-state index is 0.0623. The van der Waals surface area contributed by atoms with Crippen LogP contribution in [0.25, 0.3) is 0 Å². The summed E-state index contributed by atoms with van der Waals surface area (Å²) in [5.41, 5.74) is 1.38. The second kappa shape index (κ2) is 9.03. The van der Waals surface area contributed by atoms with E-state index in [-0.39, 0.29) is 11.2 Å². The standard InChI is InChI=1S/C15H23NOS/c1-3-11-16-15(17)13(2)18-12-7-10-14-8-5-4-6-9-14/h4-6,8-9,13H,3,7,10-12H2,1-2H3,(H,16,17). The molecule has 1 aromatic carbocycles. The van der Waals surface area contributed by atoms with Crippen LogP contribution >= 0.6 is 11.8 Å². The normalized spacial score (nSPS) is 12.1. The highest BCUT2D eigenvalue weighted by molar-refractivity contribution is 8.00. The maximum Gasteiger partial charge on any atom is 0.232 e. The smallest absolute Gasteiger partial charge is 0.232 e. The molecule has 0 aliphatic rings. The molecule has 1 aromatic rings. The van der Waals surface area contributed by atoms with Gasteiger partial charge in [-0.05, 0) is 37.5 Å². The third-order valence-electron chi connectivity index (χ3n) is 2.74. The molecule has 0 saturated heterocycles. The molecule has 1 rings (SSSR count). The van der Waals surface area contributed by atoms with E-state index in [9.17, 15) is 4.79 Å². The van der Waals surface area contributed by atoms with Crippen LogP contribution in [0, 0.1) is 0 Å². The fraction of sp³-hybridized carbons (Fsp3) is 0.533. The minimum absolute atomic E-state index is 0.0623. The Hall–Kier alpha value is -0.960. The molecule has 0 aliphatic heterocycles. The van der Waals surface area contributed by atoms with Crippen LogP contribution in [-0.4, -0.2) is 23.5 Å². The molecule has 1 N–H and O–H groups in total. The second-order valence-electron chi connectivity index (χ2n) is 4.39. The predicted octanol–water partition coefficient (Wildman–Crippen LogP) is 3.27. The lowest BCUT2D eigenvalue weighted by atomic mass is 10.1. The summed E-state index contributed by atoms with van der Waals surface area (Å²) in [5.74, 6) is 1.21. The molecule has 0 saturated carbocycles. The molecule has 18 heavy (non-hydrogen) atoms. The Balaban J connectivity index is 2.12. The lowest BCUT2D eigenvalue weighted by Gasteiger charge is -2.11. The van der Waals surface area contributed by atoms with Crippen molar-refractivity contribution in [2.75, 3.05) is 12.3 Å². The largest absolute Gasteiger partial charge is 0.355 e. The van der Waals surface area contributed by atoms with Gasteiger partial charge in [0.25, 0.3) is 0 Å². The van der Waals surface area contributed by atoms with Crippen molar-refractivity contribution in [2.24, 2.45) is 0 Å². The average Bonchev–Trinajstić information content (AvgIpc) is 2.41. The highest BCUT2D eigenvalue weighted by Gasteiger charge is 2.11. The van der Waals surface area contributed by atoms with Gasteiger partial charge in [0.05, 0.1) is 5.25 Å². The first-order chi connectivity index (χ1) is 8.74. The summed E-state index contributed by atoms with van der Waals surface area (Å²) in [6, 6.07) is 10.5. The van der Waals surface area contributed by atoms with Gasteiger partial charge in [-0.25, -0.2) is 0 Å². The summed E-state index contributed by atoms with van der Waals surface area (Å²) in [6.45, 7) is 4.84. The van der Waals surface area contributed by atoms with Crippen LogP contribution in [0.5, 0.6) is 0 Å². The quantitative estimate of drug-likeness (QED) is 0.731. The monoisotopic (exact) mass is 265 g/mol. The van der Waals surface area contributed by atoms with Gasteiger partial charge in [0.15, 0.2) is 0 Å². The first kappa shape index (κ1) is 15.1. The van der Waals surface area contributed by atoms with E-state index in [1.807, 2.05) is 13.0 Å². The Morgan fingerprint density at radius 1 is 1.33 bits per heavy atom. The SMILES string of the molecule is CCCNC(=O)C(C)SCCCc1ccccc1. The molecule has 1 unspecified atom stereocenters. The third-order valence-corrected chi connectivity index (χ3v) is 3.98. The fourth-order valence-electron chi connectivity index (χ4n) is 1.65. The number of hydrogen-bond acceptors (Lipinski definition) is 2. The number of hydrogen-bond donors (Lipinski definition) is 1. The fourth-order valence-corrected chi connectivity index (χ4v) is 2.55. The van der Waals surface area contributed by atoms with Crippen LogP contribution in [0.15, 0.2) is 30.3 Å². The van der Waals surface area contributed by atoms with Crippen molar-refractivity contribution in [3.05, 3.63) is 35.9 Å². The van der Waals surface area contributed by atoms with Crippen molar-refractivity contribution in [3.63, 3.8) is 0 Å². The first-order valence-electron chi connectivity index (χ1n) is 6.67. The predicted molar refractivity (Wildman–Crippen MR) is 80.0 cm³/mol. The van der Waals surface area contributed by atoms with Crippen molar-refractivity contribution >= 4 is 17.7 Å². The molecular formula is C15H23NOS. The van der Waals surface area contributed by atoms with E-state index < -0.39 is 0 Å². The van der Waals surface area contributed by atoms with Gasteiger partial charge in [-0.3, -0.25) is 4.79 Å². The molecule has 1 amide bonds. The lowest BCUT2D eigenvalue weighted by Crippen LogP contribution is -2.31. The topological polar surface area (TPSA) is 29.1 Å². The number of thioether (sulfide) groups is 1. The van der Waals surface area contributed by atoms with Gasteiger partial charge in [0, 0.05) is 6.54 Å². The summed E-state index contributed by atoms with van der Waals surface area (Å²) in [4.78, 5) is 11.6. The number of benzene rings is 1. The zero-order valence-electron chi connectivity index (χ0n) is 11.3. The maximum atomic E-state index is 11.6. The summed E-state index contributed by atoms with van der Waals surface area (Å²) < 4.78 is 0. The van der Waals surface area contributed by atoms with Gasteiger partial charge in [-0.1, -0.05) is 37.3 Å². The van der Waals surface area contributed by atoms with Crippen LogP contribution in [0.4, 0.5) is 0 Å². The number of carbonyl (C=O) groups excluding carboxylic acids is 1. The lowest BCUT2D eigenvalue weighted by molar-refractivity contribution is -0.120. The Morgan fingerprint density at radius 3 is 2.72 bits per heavy atom. The van der Waals surface area contributed by atoms with Crippen molar-refractivity contribution in [3.8, 4) is 0 Å². The Morgan fingerprint density at radius 2 is 2.06 bits per heavy atom. The molecule has 0 bridgehead atoms. The molecule has 0 aliphatic carbocycles. The zero-order valence-corrected chi connectivity index (χ0v) is 12.1. The van der Waals surface area contributed by atoms with Crippen molar-refractivity contribution in [2.45, 2.75) is 38.4 Å². The Labute approximate surface area is 115 Å². The number of nitrogens with one attached hydrogen (secondary N) is 1. The van der Waals surface area contributed by atoms with Crippen molar-refractivity contribution in [1.82, 2.24) is 5.32 Å². The van der Waals surface area contributed by atoms with Crippen LogP contribution in [0.3, 0.4) is 0 Å². The molecule has 0 radical (unpaired) electrons. The Bertz CT molecular complexity index is 340. The average molecular weight is 265 g/mol. The summed E-state index contributed by atoms with van der Waals surface area (Å²) in [6.07, 6.45) is 3.22. The van der Waals surface area contributed by atoms with Gasteiger partial charge < -0.3 is 5.32 Å². The van der Waals surface area contributed by atoms with E-state index in [1.54, 1.807) is 11.8 Å². The molecule has 0 heterocycles. The highest BCUT2D eigenvalue weighted by Crippen LogP contribution is 2.13. The van der Waals surface area contributed by atoms with Gasteiger partial charge in [0.2, 0.25) is 5.91 Å².